The Hall–Kier alpha value is -2.71. The van der Waals surface area contributed by atoms with Gasteiger partial charge < -0.3 is 14.9 Å². The molecule has 0 saturated carbocycles. The van der Waals surface area contributed by atoms with Crippen molar-refractivity contribution in [3.8, 4) is 0 Å². The Bertz CT molecular complexity index is 1070. The molecule has 3 heterocycles. The fourth-order valence-corrected chi connectivity index (χ4v) is 4.77. The number of hydrogen-bond donors (Lipinski definition) is 2. The van der Waals surface area contributed by atoms with E-state index in [9.17, 15) is 47.9 Å². The van der Waals surface area contributed by atoms with Crippen LogP contribution in [0.5, 0.6) is 0 Å². The van der Waals surface area contributed by atoms with E-state index in [1.165, 1.54) is 0 Å². The Morgan fingerprint density at radius 1 is 1.02 bits per heavy atom. The molecule has 2 aliphatic heterocycles. The van der Waals surface area contributed by atoms with Crippen LogP contribution in [0.2, 0.25) is 0 Å². The van der Waals surface area contributed by atoms with E-state index in [2.05, 4.69) is 4.98 Å². The standard InChI is InChI=1S/C16H22F3N3O3S.2C2HF3O2/c1-21-7-5-13(9-25-10-14-4-2-3-6-20-14)8-15(21)11-22(12-15)26(23,24)16(17,18)19;2*3-2(4,5)1(6)7/h2-4,6,13H,5,7-12H2,1H3;2*(H,6,7). The second kappa shape index (κ2) is 13.3. The molecule has 1 aromatic rings. The topological polar surface area (TPSA) is 137 Å². The number of nitrogens with zero attached hydrogens (tertiary/aromatic N) is 3. The van der Waals surface area contributed by atoms with E-state index in [0.717, 1.165) is 12.1 Å². The van der Waals surface area contributed by atoms with E-state index in [1.807, 2.05) is 30.1 Å². The number of carbonyl (C=O) groups is 2. The first-order valence-electron chi connectivity index (χ1n) is 10.9. The largest absolute Gasteiger partial charge is 0.511 e. The van der Waals surface area contributed by atoms with E-state index in [0.29, 0.717) is 30.5 Å². The minimum absolute atomic E-state index is 0.123. The summed E-state index contributed by atoms with van der Waals surface area (Å²) in [6.45, 7) is 1.33. The maximum absolute atomic E-state index is 12.7. The molecule has 0 amide bonds. The summed E-state index contributed by atoms with van der Waals surface area (Å²) in [5.74, 6) is -5.33. The number of rotatable bonds is 5. The van der Waals surface area contributed by atoms with Gasteiger partial charge in [-0.2, -0.15) is 43.8 Å². The Balaban J connectivity index is 0.000000473. The number of likely N-dealkylation sites (tertiary alicyclic amines) is 1. The van der Waals surface area contributed by atoms with Gasteiger partial charge in [0.25, 0.3) is 0 Å². The lowest BCUT2D eigenvalue weighted by Crippen LogP contribution is -2.73. The second-order valence-electron chi connectivity index (χ2n) is 8.67. The molecule has 2 fully saturated rings. The molecular weight excluding hydrogens is 597 g/mol. The van der Waals surface area contributed by atoms with Crippen molar-refractivity contribution in [1.82, 2.24) is 14.2 Å². The highest BCUT2D eigenvalue weighted by atomic mass is 32.2. The summed E-state index contributed by atoms with van der Waals surface area (Å²) in [6.07, 6.45) is -6.99. The van der Waals surface area contributed by atoms with Gasteiger partial charge in [-0.15, -0.1) is 0 Å². The first-order chi connectivity index (χ1) is 18.0. The number of likely N-dealkylation sites (N-methyl/N-ethyl adjacent to an activating group) is 1. The predicted molar refractivity (Wildman–Crippen MR) is 116 cm³/mol. The van der Waals surface area contributed by atoms with E-state index in [4.69, 9.17) is 24.5 Å². The maximum atomic E-state index is 12.7. The van der Waals surface area contributed by atoms with Crippen molar-refractivity contribution in [2.24, 2.45) is 5.92 Å². The van der Waals surface area contributed by atoms with Crippen molar-refractivity contribution in [3.05, 3.63) is 30.1 Å². The number of hydrogen-bond acceptors (Lipinski definition) is 7. The minimum atomic E-state index is -5.24. The maximum Gasteiger partial charge on any atom is 0.511 e. The Labute approximate surface area is 221 Å². The number of carboxylic acid groups (broad SMARTS) is 2. The molecule has 3 rings (SSSR count). The van der Waals surface area contributed by atoms with E-state index >= 15 is 0 Å². The average Bonchev–Trinajstić information content (AvgIpc) is 2.78. The number of pyridine rings is 1. The van der Waals surface area contributed by atoms with Crippen LogP contribution in [0.25, 0.3) is 0 Å². The molecule has 40 heavy (non-hydrogen) atoms. The molecule has 0 aliphatic carbocycles. The highest BCUT2D eigenvalue weighted by Gasteiger charge is 2.60. The summed E-state index contributed by atoms with van der Waals surface area (Å²) >= 11 is 0. The normalized spacial score (nSPS) is 19.9. The van der Waals surface area contributed by atoms with Crippen LogP contribution >= 0.6 is 0 Å². The summed E-state index contributed by atoms with van der Waals surface area (Å²) < 4.78 is 131. The third-order valence-electron chi connectivity index (χ3n) is 5.74. The number of sulfonamides is 1. The number of alkyl halides is 9. The lowest BCUT2D eigenvalue weighted by molar-refractivity contribution is -0.193. The van der Waals surface area contributed by atoms with Crippen molar-refractivity contribution in [2.45, 2.75) is 42.8 Å². The number of ether oxygens (including phenoxy) is 1. The molecule has 2 saturated heterocycles. The van der Waals surface area contributed by atoms with Crippen LogP contribution in [0.1, 0.15) is 18.5 Å². The summed E-state index contributed by atoms with van der Waals surface area (Å²) in [4.78, 5) is 23.9. The fourth-order valence-electron chi connectivity index (χ4n) is 3.66. The Morgan fingerprint density at radius 3 is 1.93 bits per heavy atom. The summed E-state index contributed by atoms with van der Waals surface area (Å²) in [6, 6.07) is 5.56. The summed E-state index contributed by atoms with van der Waals surface area (Å²) in [5.41, 5.74) is -4.95. The van der Waals surface area contributed by atoms with Crippen LogP contribution in [0.4, 0.5) is 39.5 Å². The van der Waals surface area contributed by atoms with Gasteiger partial charge in [0, 0.05) is 24.8 Å². The van der Waals surface area contributed by atoms with Gasteiger partial charge in [-0.05, 0) is 44.5 Å². The third-order valence-corrected chi connectivity index (χ3v) is 7.26. The van der Waals surface area contributed by atoms with Gasteiger partial charge in [-0.1, -0.05) is 6.07 Å². The number of piperidine rings is 1. The Kier molecular flexibility index (Phi) is 11.7. The smallest absolute Gasteiger partial charge is 0.475 e. The van der Waals surface area contributed by atoms with Gasteiger partial charge in [-0.3, -0.25) is 9.88 Å². The van der Waals surface area contributed by atoms with Crippen molar-refractivity contribution in [3.63, 3.8) is 0 Å². The summed E-state index contributed by atoms with van der Waals surface area (Å²) in [7, 11) is -3.41. The van der Waals surface area contributed by atoms with Crippen LogP contribution in [-0.4, -0.2) is 101 Å². The zero-order valence-electron chi connectivity index (χ0n) is 20.4. The molecule has 1 unspecified atom stereocenters. The van der Waals surface area contributed by atoms with Crippen LogP contribution in [-0.2, 0) is 31.0 Å². The van der Waals surface area contributed by atoms with Crippen LogP contribution in [0.3, 0.4) is 0 Å². The van der Waals surface area contributed by atoms with Crippen LogP contribution < -0.4 is 0 Å². The predicted octanol–water partition coefficient (Wildman–Crippen LogP) is 3.11. The highest BCUT2D eigenvalue weighted by molar-refractivity contribution is 7.90. The van der Waals surface area contributed by atoms with Crippen LogP contribution in [0.15, 0.2) is 24.4 Å². The molecule has 0 bridgehead atoms. The molecule has 0 aromatic carbocycles. The molecule has 1 aromatic heterocycles. The van der Waals surface area contributed by atoms with Gasteiger partial charge in [0.1, 0.15) is 0 Å². The molecule has 1 atom stereocenters. The van der Waals surface area contributed by atoms with Crippen molar-refractivity contribution < 1.29 is 72.5 Å². The zero-order chi connectivity index (χ0) is 31.2. The Morgan fingerprint density at radius 2 is 1.52 bits per heavy atom. The van der Waals surface area contributed by atoms with Crippen molar-refractivity contribution in [1.29, 1.82) is 0 Å². The molecule has 20 heteroatoms. The second-order valence-corrected chi connectivity index (χ2v) is 10.6. The minimum Gasteiger partial charge on any atom is -0.475 e. The number of halogens is 9. The van der Waals surface area contributed by atoms with E-state index in [-0.39, 0.29) is 19.0 Å². The molecule has 1 spiro atoms. The van der Waals surface area contributed by atoms with Crippen molar-refractivity contribution in [2.75, 3.05) is 33.3 Å². The highest BCUT2D eigenvalue weighted by Crippen LogP contribution is 2.42. The van der Waals surface area contributed by atoms with Crippen molar-refractivity contribution >= 4 is 22.0 Å². The van der Waals surface area contributed by atoms with Gasteiger partial charge in [-0.25, -0.2) is 18.0 Å². The molecule has 0 radical (unpaired) electrons. The number of aromatic nitrogens is 1. The van der Waals surface area contributed by atoms with Gasteiger partial charge in [0.2, 0.25) is 0 Å². The SMILES string of the molecule is CN1CCC(COCc2ccccn2)CC12CN(S(=O)(=O)C(F)(F)F)C2.O=C(O)C(F)(F)F.O=C(O)C(F)(F)F. The van der Waals surface area contributed by atoms with E-state index < -0.39 is 45.4 Å². The first-order valence-corrected chi connectivity index (χ1v) is 12.3. The number of carboxylic acids is 2. The van der Waals surface area contributed by atoms with Gasteiger partial charge in [0.05, 0.1) is 18.9 Å². The third kappa shape index (κ3) is 10.0. The molecular formula is C20H24F9N3O7S. The first kappa shape index (κ1) is 35.3. The van der Waals surface area contributed by atoms with Gasteiger partial charge in [0.15, 0.2) is 0 Å². The molecule has 10 nitrogen and oxygen atoms in total. The lowest BCUT2D eigenvalue weighted by Gasteiger charge is -2.57. The average molecular weight is 621 g/mol. The number of aliphatic carboxylic acids is 2. The van der Waals surface area contributed by atoms with E-state index in [1.54, 1.807) is 6.20 Å². The van der Waals surface area contributed by atoms with Gasteiger partial charge >= 0.3 is 39.8 Å². The quantitative estimate of drug-likeness (QED) is 0.476. The zero-order valence-corrected chi connectivity index (χ0v) is 21.2. The van der Waals surface area contributed by atoms with Crippen LogP contribution in [0, 0.1) is 5.92 Å². The monoisotopic (exact) mass is 621 g/mol. The molecule has 2 N–H and O–H groups in total. The lowest BCUT2D eigenvalue weighted by atomic mass is 9.77. The molecule has 2 aliphatic rings. The fraction of sp³-hybridized carbons (Fsp3) is 0.650. The summed E-state index contributed by atoms with van der Waals surface area (Å²) in [5, 5.41) is 14.2. The molecule has 230 valence electrons.